The van der Waals surface area contributed by atoms with Crippen molar-refractivity contribution >= 4 is 17.9 Å². The number of carbonyl (C=O) groups is 3. The minimum Gasteiger partial charge on any atom is -0.462 e. The third kappa shape index (κ3) is 33.8. The Hall–Kier alpha value is -1.59. The first-order chi connectivity index (χ1) is 22.4. The molecular formula is C40H76O6. The van der Waals surface area contributed by atoms with E-state index in [0.29, 0.717) is 19.3 Å². The van der Waals surface area contributed by atoms with Crippen molar-refractivity contribution in [2.24, 2.45) is 5.92 Å². The summed E-state index contributed by atoms with van der Waals surface area (Å²) in [5.74, 6) is -0.0665. The largest absolute Gasteiger partial charge is 0.462 e. The second-order valence-corrected chi connectivity index (χ2v) is 14.0. The summed E-state index contributed by atoms with van der Waals surface area (Å²) in [6, 6.07) is 0. The summed E-state index contributed by atoms with van der Waals surface area (Å²) in [5.41, 5.74) is 0. The van der Waals surface area contributed by atoms with Crippen molar-refractivity contribution in [2.75, 3.05) is 13.2 Å². The lowest BCUT2D eigenvalue weighted by Crippen LogP contribution is -2.30. The van der Waals surface area contributed by atoms with E-state index in [-0.39, 0.29) is 31.1 Å². The summed E-state index contributed by atoms with van der Waals surface area (Å²) in [6.45, 7) is 8.89. The van der Waals surface area contributed by atoms with Crippen LogP contribution in [0.15, 0.2) is 0 Å². The molecule has 0 N–H and O–H groups in total. The van der Waals surface area contributed by atoms with E-state index in [1.807, 2.05) is 0 Å². The fraction of sp³-hybridized carbons (Fsp3) is 0.925. The van der Waals surface area contributed by atoms with Crippen LogP contribution in [0.2, 0.25) is 0 Å². The number of unbranched alkanes of at least 4 members (excludes halogenated alkanes) is 22. The molecule has 0 aliphatic rings. The molecule has 6 nitrogen and oxygen atoms in total. The molecule has 1 atom stereocenters. The van der Waals surface area contributed by atoms with Crippen molar-refractivity contribution < 1.29 is 28.6 Å². The maximum absolute atomic E-state index is 12.6. The molecule has 272 valence electrons. The van der Waals surface area contributed by atoms with Gasteiger partial charge in [-0.15, -0.1) is 0 Å². The van der Waals surface area contributed by atoms with Gasteiger partial charge in [0.1, 0.15) is 13.2 Å². The summed E-state index contributed by atoms with van der Waals surface area (Å²) in [6.07, 6.45) is 31.0. The second-order valence-electron chi connectivity index (χ2n) is 14.0. The molecule has 0 saturated carbocycles. The highest BCUT2D eigenvalue weighted by Gasteiger charge is 2.19. The molecule has 0 amide bonds. The van der Waals surface area contributed by atoms with E-state index in [1.165, 1.54) is 109 Å². The van der Waals surface area contributed by atoms with Gasteiger partial charge in [0.15, 0.2) is 6.10 Å². The minimum absolute atomic E-state index is 0.0656. The van der Waals surface area contributed by atoms with E-state index >= 15 is 0 Å². The van der Waals surface area contributed by atoms with Crippen LogP contribution in [0.1, 0.15) is 214 Å². The fourth-order valence-electron chi connectivity index (χ4n) is 5.74. The minimum atomic E-state index is -0.756. The van der Waals surface area contributed by atoms with E-state index in [0.717, 1.165) is 63.7 Å². The van der Waals surface area contributed by atoms with Gasteiger partial charge in [-0.3, -0.25) is 14.4 Å². The molecular weight excluding hydrogens is 576 g/mol. The molecule has 0 fully saturated rings. The lowest BCUT2D eigenvalue weighted by atomic mass is 10.0. The first kappa shape index (κ1) is 44.4. The number of carbonyl (C=O) groups excluding carboxylic acids is 3. The Bertz CT molecular complexity index is 691. The lowest BCUT2D eigenvalue weighted by Gasteiger charge is -2.18. The van der Waals surface area contributed by atoms with E-state index < -0.39 is 6.10 Å². The van der Waals surface area contributed by atoms with Gasteiger partial charge < -0.3 is 14.2 Å². The van der Waals surface area contributed by atoms with Crippen LogP contribution in [0.4, 0.5) is 0 Å². The monoisotopic (exact) mass is 653 g/mol. The van der Waals surface area contributed by atoms with Gasteiger partial charge in [0.25, 0.3) is 0 Å². The SMILES string of the molecule is CCCCCCCCCCCC(=O)OC[C@@H](COC(=O)CCCCCCCCC)OC(=O)CCCCCCCCCCCC(C)C. The molecule has 46 heavy (non-hydrogen) atoms. The van der Waals surface area contributed by atoms with Gasteiger partial charge in [-0.05, 0) is 25.2 Å². The molecule has 0 aromatic rings. The lowest BCUT2D eigenvalue weighted by molar-refractivity contribution is -0.167. The third-order valence-electron chi connectivity index (χ3n) is 8.79. The highest BCUT2D eigenvalue weighted by molar-refractivity contribution is 5.71. The van der Waals surface area contributed by atoms with Crippen molar-refractivity contribution in [3.05, 3.63) is 0 Å². The molecule has 0 bridgehead atoms. The summed E-state index contributed by atoms with van der Waals surface area (Å²) in [5, 5.41) is 0. The van der Waals surface area contributed by atoms with Gasteiger partial charge in [0.05, 0.1) is 0 Å². The quantitative estimate of drug-likeness (QED) is 0.0385. The Labute approximate surface area is 285 Å². The highest BCUT2D eigenvalue weighted by Crippen LogP contribution is 2.15. The van der Waals surface area contributed by atoms with Crippen molar-refractivity contribution in [1.29, 1.82) is 0 Å². The van der Waals surface area contributed by atoms with Gasteiger partial charge >= 0.3 is 17.9 Å². The van der Waals surface area contributed by atoms with Crippen LogP contribution in [0.5, 0.6) is 0 Å². The third-order valence-corrected chi connectivity index (χ3v) is 8.79. The smallest absolute Gasteiger partial charge is 0.306 e. The van der Waals surface area contributed by atoms with E-state index in [4.69, 9.17) is 14.2 Å². The van der Waals surface area contributed by atoms with Crippen LogP contribution in [-0.2, 0) is 28.6 Å². The van der Waals surface area contributed by atoms with Gasteiger partial charge in [0, 0.05) is 19.3 Å². The number of hydrogen-bond acceptors (Lipinski definition) is 6. The predicted octanol–water partition coefficient (Wildman–Crippen LogP) is 12.0. The first-order valence-corrected chi connectivity index (χ1v) is 19.9. The fourth-order valence-corrected chi connectivity index (χ4v) is 5.74. The van der Waals surface area contributed by atoms with E-state index in [9.17, 15) is 14.4 Å². The van der Waals surface area contributed by atoms with Gasteiger partial charge in [-0.2, -0.15) is 0 Å². The molecule has 0 radical (unpaired) electrons. The number of rotatable bonds is 35. The van der Waals surface area contributed by atoms with Crippen molar-refractivity contribution in [3.8, 4) is 0 Å². The molecule has 0 saturated heterocycles. The maximum Gasteiger partial charge on any atom is 0.306 e. The first-order valence-electron chi connectivity index (χ1n) is 19.9. The normalized spacial score (nSPS) is 11.9. The average molecular weight is 653 g/mol. The Balaban J connectivity index is 4.32. The molecule has 0 unspecified atom stereocenters. The molecule has 0 rings (SSSR count). The zero-order valence-corrected chi connectivity index (χ0v) is 31.0. The molecule has 0 heterocycles. The van der Waals surface area contributed by atoms with Crippen LogP contribution >= 0.6 is 0 Å². The van der Waals surface area contributed by atoms with Crippen molar-refractivity contribution in [1.82, 2.24) is 0 Å². The van der Waals surface area contributed by atoms with E-state index in [2.05, 4.69) is 27.7 Å². The Morgan fingerprint density at radius 2 is 0.717 bits per heavy atom. The molecule has 0 spiro atoms. The molecule has 0 aromatic heterocycles. The summed E-state index contributed by atoms with van der Waals surface area (Å²) in [4.78, 5) is 37.3. The zero-order chi connectivity index (χ0) is 33.9. The second kappa shape index (κ2) is 34.7. The predicted molar refractivity (Wildman–Crippen MR) is 192 cm³/mol. The average Bonchev–Trinajstić information content (AvgIpc) is 3.03. The number of esters is 3. The summed E-state index contributed by atoms with van der Waals surface area (Å²) < 4.78 is 16.6. The zero-order valence-electron chi connectivity index (χ0n) is 31.0. The number of ether oxygens (including phenoxy) is 3. The maximum atomic E-state index is 12.6. The Kier molecular flexibility index (Phi) is 33.5. The highest BCUT2D eigenvalue weighted by atomic mass is 16.6. The molecule has 0 aromatic carbocycles. The topological polar surface area (TPSA) is 78.9 Å². The molecule has 0 aliphatic heterocycles. The summed E-state index contributed by atoms with van der Waals surface area (Å²) >= 11 is 0. The van der Waals surface area contributed by atoms with Crippen LogP contribution in [-0.4, -0.2) is 37.2 Å². The van der Waals surface area contributed by atoms with Crippen molar-refractivity contribution in [2.45, 2.75) is 220 Å². The standard InChI is InChI=1S/C40H76O6/c1-5-7-9-11-13-15-20-24-28-32-39(42)45-35-37(34-44-38(41)31-27-23-18-12-10-8-6-2)46-40(43)33-29-25-21-17-14-16-19-22-26-30-36(3)4/h36-37H,5-35H2,1-4H3/t37-/m1/s1. The van der Waals surface area contributed by atoms with Crippen LogP contribution in [0, 0.1) is 5.92 Å². The van der Waals surface area contributed by atoms with Crippen LogP contribution in [0.25, 0.3) is 0 Å². The van der Waals surface area contributed by atoms with Gasteiger partial charge in [0.2, 0.25) is 0 Å². The van der Waals surface area contributed by atoms with Crippen LogP contribution in [0.3, 0.4) is 0 Å². The van der Waals surface area contributed by atoms with Crippen molar-refractivity contribution in [3.63, 3.8) is 0 Å². The van der Waals surface area contributed by atoms with E-state index in [1.54, 1.807) is 0 Å². The Morgan fingerprint density at radius 3 is 1.07 bits per heavy atom. The molecule has 0 aliphatic carbocycles. The van der Waals surface area contributed by atoms with Gasteiger partial charge in [-0.25, -0.2) is 0 Å². The Morgan fingerprint density at radius 1 is 0.413 bits per heavy atom. The van der Waals surface area contributed by atoms with Crippen LogP contribution < -0.4 is 0 Å². The molecule has 6 heteroatoms. The number of hydrogen-bond donors (Lipinski definition) is 0. The summed E-state index contributed by atoms with van der Waals surface area (Å²) in [7, 11) is 0. The van der Waals surface area contributed by atoms with Gasteiger partial charge in [-0.1, -0.05) is 175 Å².